The van der Waals surface area contributed by atoms with E-state index in [4.69, 9.17) is 0 Å². The Morgan fingerprint density at radius 3 is 2.19 bits per heavy atom. The van der Waals surface area contributed by atoms with Crippen LogP contribution in [0.5, 0.6) is 0 Å². The summed E-state index contributed by atoms with van der Waals surface area (Å²) in [4.78, 5) is 0.265. The number of rotatable bonds is 5. The average Bonchev–Trinajstić information content (AvgIpc) is 2.49. The van der Waals surface area contributed by atoms with E-state index in [9.17, 15) is 8.42 Å². The quantitative estimate of drug-likeness (QED) is 0.681. The third-order valence-electron chi connectivity index (χ3n) is 2.84. The van der Waals surface area contributed by atoms with Gasteiger partial charge in [0.2, 0.25) is 10.0 Å². The van der Waals surface area contributed by atoms with E-state index < -0.39 is 10.0 Å². The fraction of sp³-hybridized carbons (Fsp3) is 0.133. The topological polar surface area (TPSA) is 61.8 Å². The van der Waals surface area contributed by atoms with Crippen molar-refractivity contribution < 1.29 is 8.42 Å². The van der Waals surface area contributed by atoms with Gasteiger partial charge in [-0.3, -0.25) is 5.43 Å². The van der Waals surface area contributed by atoms with E-state index in [1.807, 2.05) is 30.3 Å². The van der Waals surface area contributed by atoms with Gasteiger partial charge in [0, 0.05) is 14.1 Å². The van der Waals surface area contributed by atoms with E-state index >= 15 is 0 Å². The molecule has 0 spiro atoms. The number of sulfonamides is 1. The molecular weight excluding hydrogens is 286 g/mol. The van der Waals surface area contributed by atoms with Gasteiger partial charge in [0.05, 0.1) is 16.8 Å². The van der Waals surface area contributed by atoms with E-state index in [0.717, 1.165) is 11.3 Å². The zero-order chi connectivity index (χ0) is 15.3. The smallest absolute Gasteiger partial charge is 0.242 e. The van der Waals surface area contributed by atoms with Gasteiger partial charge >= 0.3 is 0 Å². The summed E-state index contributed by atoms with van der Waals surface area (Å²) >= 11 is 0. The number of benzene rings is 2. The molecule has 2 aromatic carbocycles. The molecule has 0 aliphatic carbocycles. The minimum absolute atomic E-state index is 0.265. The average molecular weight is 303 g/mol. The predicted molar refractivity (Wildman–Crippen MR) is 85.0 cm³/mol. The molecule has 0 aliphatic rings. The predicted octanol–water partition coefficient (Wildman–Crippen LogP) is 2.38. The van der Waals surface area contributed by atoms with Crippen molar-refractivity contribution in [3.63, 3.8) is 0 Å². The van der Waals surface area contributed by atoms with E-state index in [0.29, 0.717) is 0 Å². The van der Waals surface area contributed by atoms with Crippen LogP contribution in [0.15, 0.2) is 64.6 Å². The maximum Gasteiger partial charge on any atom is 0.242 e. The Kier molecular flexibility index (Phi) is 4.72. The van der Waals surface area contributed by atoms with Crippen LogP contribution in [-0.2, 0) is 10.0 Å². The first kappa shape index (κ1) is 15.2. The van der Waals surface area contributed by atoms with Crippen molar-refractivity contribution in [3.8, 4) is 0 Å². The number of nitrogens with zero attached hydrogens (tertiary/aromatic N) is 2. The van der Waals surface area contributed by atoms with Crippen molar-refractivity contribution in [2.24, 2.45) is 5.10 Å². The van der Waals surface area contributed by atoms with Crippen LogP contribution in [0.1, 0.15) is 5.56 Å². The van der Waals surface area contributed by atoms with E-state index in [1.165, 1.54) is 18.4 Å². The molecule has 0 aliphatic heterocycles. The largest absolute Gasteiger partial charge is 0.279 e. The van der Waals surface area contributed by atoms with Crippen molar-refractivity contribution in [1.29, 1.82) is 0 Å². The molecule has 2 aromatic rings. The van der Waals surface area contributed by atoms with Crippen LogP contribution >= 0.6 is 0 Å². The lowest BCUT2D eigenvalue weighted by atomic mass is 10.2. The lowest BCUT2D eigenvalue weighted by Crippen LogP contribution is -2.22. The Morgan fingerprint density at radius 1 is 1.00 bits per heavy atom. The van der Waals surface area contributed by atoms with Crippen molar-refractivity contribution in [1.82, 2.24) is 4.31 Å². The van der Waals surface area contributed by atoms with Crippen molar-refractivity contribution >= 4 is 21.9 Å². The Hall–Kier alpha value is -2.18. The second-order valence-corrected chi connectivity index (χ2v) is 6.74. The van der Waals surface area contributed by atoms with E-state index in [1.54, 1.807) is 30.5 Å². The normalized spacial score (nSPS) is 12.0. The molecule has 1 N–H and O–H groups in total. The Balaban J connectivity index is 2.06. The maximum absolute atomic E-state index is 11.9. The molecule has 0 saturated heterocycles. The summed E-state index contributed by atoms with van der Waals surface area (Å²) in [7, 11) is -0.367. The molecule has 110 valence electrons. The SMILES string of the molecule is CN(C)S(=O)(=O)c1ccc(C=NNc2ccccc2)cc1. The monoisotopic (exact) mass is 303 g/mol. The van der Waals surface area contributed by atoms with Crippen LogP contribution in [0.4, 0.5) is 5.69 Å². The highest BCUT2D eigenvalue weighted by Crippen LogP contribution is 2.13. The molecule has 0 saturated carbocycles. The van der Waals surface area contributed by atoms with Crippen LogP contribution < -0.4 is 5.43 Å². The Morgan fingerprint density at radius 2 is 1.62 bits per heavy atom. The van der Waals surface area contributed by atoms with E-state index in [2.05, 4.69) is 10.5 Å². The first-order valence-corrected chi connectivity index (χ1v) is 7.81. The third kappa shape index (κ3) is 3.90. The molecule has 5 nitrogen and oxygen atoms in total. The number of hydrogen-bond donors (Lipinski definition) is 1. The summed E-state index contributed by atoms with van der Waals surface area (Å²) in [5, 5.41) is 4.10. The first-order chi connectivity index (χ1) is 10.00. The highest BCUT2D eigenvalue weighted by molar-refractivity contribution is 7.89. The lowest BCUT2D eigenvalue weighted by Gasteiger charge is -2.10. The Labute approximate surface area is 125 Å². The fourth-order valence-electron chi connectivity index (χ4n) is 1.63. The second kappa shape index (κ2) is 6.51. The summed E-state index contributed by atoms with van der Waals surface area (Å²) in [5.74, 6) is 0. The number of para-hydroxylation sites is 1. The molecule has 0 heterocycles. The molecule has 0 bridgehead atoms. The molecule has 0 unspecified atom stereocenters. The van der Waals surface area contributed by atoms with Gasteiger partial charge in [0.25, 0.3) is 0 Å². The summed E-state index contributed by atoms with van der Waals surface area (Å²) in [6.07, 6.45) is 1.64. The van der Waals surface area contributed by atoms with Crippen LogP contribution in [0.25, 0.3) is 0 Å². The van der Waals surface area contributed by atoms with Gasteiger partial charge in [-0.25, -0.2) is 12.7 Å². The first-order valence-electron chi connectivity index (χ1n) is 6.37. The van der Waals surface area contributed by atoms with Crippen molar-refractivity contribution in [3.05, 3.63) is 60.2 Å². The molecule has 0 atom stereocenters. The van der Waals surface area contributed by atoms with Crippen molar-refractivity contribution in [2.75, 3.05) is 19.5 Å². The summed E-state index contributed by atoms with van der Waals surface area (Å²) < 4.78 is 25.0. The molecule has 21 heavy (non-hydrogen) atoms. The molecular formula is C15H17N3O2S. The maximum atomic E-state index is 11.9. The fourth-order valence-corrected chi connectivity index (χ4v) is 2.53. The highest BCUT2D eigenvalue weighted by atomic mass is 32.2. The van der Waals surface area contributed by atoms with Gasteiger partial charge in [0.1, 0.15) is 0 Å². The van der Waals surface area contributed by atoms with Gasteiger partial charge in [-0.1, -0.05) is 30.3 Å². The summed E-state index contributed by atoms with van der Waals surface area (Å²) in [6.45, 7) is 0. The zero-order valence-electron chi connectivity index (χ0n) is 11.9. The minimum Gasteiger partial charge on any atom is -0.279 e. The molecule has 0 radical (unpaired) electrons. The van der Waals surface area contributed by atoms with Crippen molar-refractivity contribution in [2.45, 2.75) is 4.90 Å². The van der Waals surface area contributed by atoms with Gasteiger partial charge in [-0.05, 0) is 29.8 Å². The number of anilines is 1. The molecule has 2 rings (SSSR count). The van der Waals surface area contributed by atoms with Crippen LogP contribution in [0.2, 0.25) is 0 Å². The van der Waals surface area contributed by atoms with Gasteiger partial charge in [-0.2, -0.15) is 5.10 Å². The molecule has 0 fully saturated rings. The number of nitrogens with one attached hydrogen (secondary N) is 1. The standard InChI is InChI=1S/C15H17N3O2S/c1-18(2)21(19,20)15-10-8-13(9-11-15)12-16-17-14-6-4-3-5-7-14/h3-12,17H,1-2H3. The second-order valence-electron chi connectivity index (χ2n) is 4.59. The van der Waals surface area contributed by atoms with Crippen LogP contribution in [-0.4, -0.2) is 33.0 Å². The molecule has 0 aromatic heterocycles. The number of hydrazone groups is 1. The molecule has 0 amide bonds. The zero-order valence-corrected chi connectivity index (χ0v) is 12.7. The summed E-state index contributed by atoms with van der Waals surface area (Å²) in [6, 6.07) is 16.1. The number of hydrogen-bond acceptors (Lipinski definition) is 4. The summed E-state index contributed by atoms with van der Waals surface area (Å²) in [5.41, 5.74) is 4.60. The lowest BCUT2D eigenvalue weighted by molar-refractivity contribution is 0.521. The van der Waals surface area contributed by atoms with Gasteiger partial charge in [0.15, 0.2) is 0 Å². The van der Waals surface area contributed by atoms with Crippen LogP contribution in [0, 0.1) is 0 Å². The van der Waals surface area contributed by atoms with Gasteiger partial charge in [-0.15, -0.1) is 0 Å². The Bertz CT molecular complexity index is 708. The highest BCUT2D eigenvalue weighted by Gasteiger charge is 2.16. The van der Waals surface area contributed by atoms with Gasteiger partial charge < -0.3 is 0 Å². The third-order valence-corrected chi connectivity index (χ3v) is 4.67. The molecule has 6 heteroatoms. The minimum atomic E-state index is -3.38. The van der Waals surface area contributed by atoms with E-state index in [-0.39, 0.29) is 4.90 Å². The van der Waals surface area contributed by atoms with Crippen LogP contribution in [0.3, 0.4) is 0 Å².